The fourth-order valence-electron chi connectivity index (χ4n) is 7.79. The normalized spacial score (nSPS) is 30.5. The van der Waals surface area contributed by atoms with E-state index in [1.54, 1.807) is 54.6 Å². The minimum Gasteiger partial charge on any atom is -0.459 e. The fourth-order valence-corrected chi connectivity index (χ4v) is 7.79. The average Bonchev–Trinajstić information content (AvgIpc) is 3.75. The minimum atomic E-state index is -1.15. The van der Waals surface area contributed by atoms with Gasteiger partial charge >= 0.3 is 11.9 Å². The Morgan fingerprint density at radius 2 is 1.02 bits per heavy atom. The van der Waals surface area contributed by atoms with E-state index in [1.807, 2.05) is 94.4 Å². The van der Waals surface area contributed by atoms with Gasteiger partial charge in [-0.05, 0) is 63.1 Å². The van der Waals surface area contributed by atoms with E-state index in [0.717, 1.165) is 11.1 Å². The predicted molar refractivity (Wildman–Crippen MR) is 210 cm³/mol. The lowest BCUT2D eigenvalue weighted by atomic mass is 9.97. The van der Waals surface area contributed by atoms with E-state index in [4.69, 9.17) is 52.1 Å². The lowest BCUT2D eigenvalue weighted by Crippen LogP contribution is -2.63. The van der Waals surface area contributed by atoms with Gasteiger partial charge in [0.1, 0.15) is 49.3 Å². The summed E-state index contributed by atoms with van der Waals surface area (Å²) < 4.78 is 70.5. The topological polar surface area (TPSA) is 136 Å². The first-order valence-electron chi connectivity index (χ1n) is 19.9. The first-order valence-corrected chi connectivity index (χ1v) is 19.9. The van der Waals surface area contributed by atoms with Crippen molar-refractivity contribution in [3.63, 3.8) is 0 Å². The van der Waals surface area contributed by atoms with Gasteiger partial charge in [-0.1, -0.05) is 97.1 Å². The van der Waals surface area contributed by atoms with Crippen LogP contribution in [0, 0.1) is 0 Å². The second kappa shape index (κ2) is 18.0. The number of ether oxygens (including phenoxy) is 11. The highest BCUT2D eigenvalue weighted by molar-refractivity contribution is 5.90. The number of benzene rings is 4. The minimum absolute atomic E-state index is 0.0557. The summed E-state index contributed by atoms with van der Waals surface area (Å²) in [6.45, 7) is 7.23. The number of esters is 2. The molecule has 0 saturated carbocycles. The zero-order valence-electron chi connectivity index (χ0n) is 33.5. The van der Waals surface area contributed by atoms with Crippen molar-refractivity contribution in [2.24, 2.45) is 0 Å². The van der Waals surface area contributed by atoms with E-state index in [-0.39, 0.29) is 26.4 Å². The van der Waals surface area contributed by atoms with Crippen LogP contribution in [-0.4, -0.2) is 98.1 Å². The summed E-state index contributed by atoms with van der Waals surface area (Å²) in [6, 6.07) is 36.5. The van der Waals surface area contributed by atoms with Crippen molar-refractivity contribution >= 4 is 11.9 Å². The first-order chi connectivity index (χ1) is 28.5. The Morgan fingerprint density at radius 3 is 1.63 bits per heavy atom. The standard InChI is InChI=1S/C46H50O13/c1-45(2)56-36-34(54-44-40(38(36)57-45)58-46(3,4)59-44)28-52-43-39(50-26-30-19-11-6-12-20-30)37(49-25-29-17-9-5-10-18-29)35(55-42(48)32-23-15-8-16-24-32)33(53-43)27-51-41(47)31-21-13-7-14-22-31/h5-24,33-40,43-44H,25-28H2,1-4H3/t33-,34-,35+,36+,37+,38+,39-,40-,43-,44-/m1/s1. The second-order valence-electron chi connectivity index (χ2n) is 15.8. The molecular formula is C46H50O13. The number of rotatable bonds is 14. The summed E-state index contributed by atoms with van der Waals surface area (Å²) in [5.74, 6) is -3.03. The van der Waals surface area contributed by atoms with Crippen molar-refractivity contribution in [1.82, 2.24) is 0 Å². The fraction of sp³-hybridized carbons (Fsp3) is 0.435. The van der Waals surface area contributed by atoms with Crippen LogP contribution in [-0.2, 0) is 65.3 Å². The molecule has 0 unspecified atom stereocenters. The van der Waals surface area contributed by atoms with Crippen LogP contribution in [0.4, 0.5) is 0 Å². The Kier molecular flexibility index (Phi) is 12.6. The third-order valence-corrected chi connectivity index (χ3v) is 10.5. The summed E-state index contributed by atoms with van der Waals surface area (Å²) in [4.78, 5) is 27.2. The molecule has 312 valence electrons. The van der Waals surface area contributed by atoms with Crippen molar-refractivity contribution in [3.05, 3.63) is 144 Å². The van der Waals surface area contributed by atoms with Crippen molar-refractivity contribution in [2.45, 2.75) is 114 Å². The van der Waals surface area contributed by atoms with Gasteiger partial charge in [-0.2, -0.15) is 0 Å². The lowest BCUT2D eigenvalue weighted by Gasteiger charge is -2.46. The van der Waals surface area contributed by atoms with E-state index < -0.39 is 84.9 Å². The molecule has 4 fully saturated rings. The molecule has 59 heavy (non-hydrogen) atoms. The molecule has 0 radical (unpaired) electrons. The van der Waals surface area contributed by atoms with Crippen LogP contribution < -0.4 is 0 Å². The zero-order chi connectivity index (χ0) is 41.0. The Hall–Kier alpha value is -4.54. The molecule has 13 heteroatoms. The zero-order valence-corrected chi connectivity index (χ0v) is 33.5. The van der Waals surface area contributed by atoms with Crippen molar-refractivity contribution in [1.29, 1.82) is 0 Å². The lowest BCUT2D eigenvalue weighted by molar-refractivity contribution is -0.329. The molecule has 0 aromatic heterocycles. The largest absolute Gasteiger partial charge is 0.459 e. The summed E-state index contributed by atoms with van der Waals surface area (Å²) in [7, 11) is 0. The molecule has 13 nitrogen and oxygen atoms in total. The molecule has 10 atom stereocenters. The number of hydrogen-bond acceptors (Lipinski definition) is 13. The molecule has 4 heterocycles. The molecule has 0 amide bonds. The van der Waals surface area contributed by atoms with Gasteiger partial charge < -0.3 is 52.1 Å². The molecule has 4 aliphatic heterocycles. The quantitative estimate of drug-likeness (QED) is 0.131. The molecule has 0 aliphatic carbocycles. The Balaban J connectivity index is 1.12. The van der Waals surface area contributed by atoms with Crippen LogP contribution in [0.15, 0.2) is 121 Å². The van der Waals surface area contributed by atoms with Gasteiger partial charge in [0.2, 0.25) is 0 Å². The third-order valence-electron chi connectivity index (χ3n) is 10.5. The van der Waals surface area contributed by atoms with E-state index in [0.29, 0.717) is 11.1 Å². The molecular weight excluding hydrogens is 760 g/mol. The molecule has 4 aliphatic rings. The SMILES string of the molecule is CC1(C)O[C@H]2[C@@H](O1)[C@@H](CO[C@@H]1O[C@H](COC(=O)c3ccccc3)[C@H](OC(=O)c3ccccc3)[C@H](OCc3ccccc3)[C@H]1OCc1ccccc1)O[C@@H]1OC(C)(C)O[C@@H]12. The number of carbonyl (C=O) groups excluding carboxylic acids is 2. The van der Waals surface area contributed by atoms with E-state index in [2.05, 4.69) is 0 Å². The van der Waals surface area contributed by atoms with E-state index >= 15 is 0 Å². The molecule has 0 spiro atoms. The second-order valence-corrected chi connectivity index (χ2v) is 15.8. The smallest absolute Gasteiger partial charge is 0.338 e. The van der Waals surface area contributed by atoms with Crippen LogP contribution in [0.5, 0.6) is 0 Å². The van der Waals surface area contributed by atoms with Gasteiger partial charge in [0.15, 0.2) is 30.3 Å². The molecule has 4 aromatic rings. The van der Waals surface area contributed by atoms with Crippen LogP contribution in [0.2, 0.25) is 0 Å². The Labute approximate surface area is 343 Å². The van der Waals surface area contributed by atoms with E-state index in [1.165, 1.54) is 0 Å². The highest BCUT2D eigenvalue weighted by Gasteiger charge is 2.61. The Bertz CT molecular complexity index is 1980. The maximum Gasteiger partial charge on any atom is 0.338 e. The van der Waals surface area contributed by atoms with Crippen LogP contribution in [0.3, 0.4) is 0 Å². The highest BCUT2D eigenvalue weighted by Crippen LogP contribution is 2.44. The van der Waals surface area contributed by atoms with Crippen LogP contribution >= 0.6 is 0 Å². The van der Waals surface area contributed by atoms with Gasteiger partial charge in [-0.3, -0.25) is 0 Å². The molecule has 4 saturated heterocycles. The third kappa shape index (κ3) is 9.92. The maximum absolute atomic E-state index is 13.9. The number of fused-ring (bicyclic) bond motifs is 3. The summed E-state index contributed by atoms with van der Waals surface area (Å²) >= 11 is 0. The van der Waals surface area contributed by atoms with Crippen molar-refractivity contribution in [2.75, 3.05) is 13.2 Å². The van der Waals surface area contributed by atoms with Gasteiger partial charge in [-0.15, -0.1) is 0 Å². The van der Waals surface area contributed by atoms with Crippen LogP contribution in [0.1, 0.15) is 59.5 Å². The van der Waals surface area contributed by atoms with Gasteiger partial charge in [0.25, 0.3) is 0 Å². The maximum atomic E-state index is 13.9. The average molecular weight is 811 g/mol. The van der Waals surface area contributed by atoms with Crippen molar-refractivity contribution in [3.8, 4) is 0 Å². The molecule has 0 bridgehead atoms. The first kappa shape index (κ1) is 41.2. The van der Waals surface area contributed by atoms with Gasteiger partial charge in [0, 0.05) is 0 Å². The highest BCUT2D eigenvalue weighted by atomic mass is 16.9. The predicted octanol–water partition coefficient (Wildman–Crippen LogP) is 6.38. The monoisotopic (exact) mass is 810 g/mol. The summed E-state index contributed by atoms with van der Waals surface area (Å²) in [5.41, 5.74) is 2.42. The van der Waals surface area contributed by atoms with Gasteiger partial charge in [0.05, 0.1) is 30.9 Å². The summed E-state index contributed by atoms with van der Waals surface area (Å²) in [5, 5.41) is 0. The molecule has 4 aromatic carbocycles. The Morgan fingerprint density at radius 1 is 0.508 bits per heavy atom. The van der Waals surface area contributed by atoms with Gasteiger partial charge in [-0.25, -0.2) is 9.59 Å². The summed E-state index contributed by atoms with van der Waals surface area (Å²) in [6.07, 6.45) is -8.39. The van der Waals surface area contributed by atoms with E-state index in [9.17, 15) is 9.59 Å². The van der Waals surface area contributed by atoms with Crippen LogP contribution in [0.25, 0.3) is 0 Å². The number of hydrogen-bond donors (Lipinski definition) is 0. The molecule has 0 N–H and O–H groups in total. The molecule has 8 rings (SSSR count). The number of carbonyl (C=O) groups is 2. The van der Waals surface area contributed by atoms with Crippen molar-refractivity contribution < 1.29 is 61.7 Å².